The number of benzene rings is 2. The first-order chi connectivity index (χ1) is 14.9. The molecule has 0 radical (unpaired) electrons. The van der Waals surface area contributed by atoms with Crippen molar-refractivity contribution in [2.24, 2.45) is 5.92 Å². The van der Waals surface area contributed by atoms with Crippen LogP contribution in [-0.4, -0.2) is 31.4 Å². The average molecular weight is 470 g/mol. The minimum absolute atomic E-state index is 0.0208. The van der Waals surface area contributed by atoms with Crippen LogP contribution in [0.3, 0.4) is 0 Å². The van der Waals surface area contributed by atoms with E-state index in [0.717, 1.165) is 25.0 Å². The highest BCUT2D eigenvalue weighted by Crippen LogP contribution is 2.42. The van der Waals surface area contributed by atoms with Gasteiger partial charge in [-0.25, -0.2) is 8.42 Å². The van der Waals surface area contributed by atoms with Gasteiger partial charge in [-0.05, 0) is 60.6 Å². The SMILES string of the molecule is CCCC(O)(c1ccc(NC(=O)Cc2ccc(S(=O)(=O)CC3CC3)cc2)cc1)C(F)(F)F. The summed E-state index contributed by atoms with van der Waals surface area (Å²) in [7, 11) is -3.32. The van der Waals surface area contributed by atoms with E-state index in [4.69, 9.17) is 0 Å². The van der Waals surface area contributed by atoms with Crippen LogP contribution in [0.4, 0.5) is 18.9 Å². The summed E-state index contributed by atoms with van der Waals surface area (Å²) >= 11 is 0. The minimum atomic E-state index is -4.81. The molecule has 2 N–H and O–H groups in total. The zero-order valence-corrected chi connectivity index (χ0v) is 18.5. The molecule has 0 aliphatic heterocycles. The summed E-state index contributed by atoms with van der Waals surface area (Å²) in [6.45, 7) is 1.56. The molecule has 9 heteroatoms. The molecule has 0 heterocycles. The Balaban J connectivity index is 1.62. The van der Waals surface area contributed by atoms with Gasteiger partial charge >= 0.3 is 6.18 Å². The van der Waals surface area contributed by atoms with Crippen LogP contribution in [0.25, 0.3) is 0 Å². The Morgan fingerprint density at radius 3 is 2.16 bits per heavy atom. The number of hydrogen-bond acceptors (Lipinski definition) is 4. The Morgan fingerprint density at radius 2 is 1.66 bits per heavy atom. The van der Waals surface area contributed by atoms with Gasteiger partial charge in [0.25, 0.3) is 0 Å². The summed E-state index contributed by atoms with van der Waals surface area (Å²) in [5.41, 5.74) is -2.32. The Labute approximate surface area is 185 Å². The van der Waals surface area contributed by atoms with Gasteiger partial charge in [0.05, 0.1) is 17.1 Å². The second-order valence-corrected chi connectivity index (χ2v) is 10.3. The van der Waals surface area contributed by atoms with Gasteiger partial charge in [-0.2, -0.15) is 13.2 Å². The van der Waals surface area contributed by atoms with Gasteiger partial charge in [0, 0.05) is 5.69 Å². The van der Waals surface area contributed by atoms with E-state index in [1.807, 2.05) is 0 Å². The standard InChI is InChI=1S/C23H26F3NO4S/c1-2-13-22(29,23(24,25)26)18-7-9-19(10-8-18)27-21(28)14-16-5-11-20(12-6-16)32(30,31)15-17-3-4-17/h5-12,17,29H,2-4,13-15H2,1H3,(H,27,28). The van der Waals surface area contributed by atoms with Crippen molar-refractivity contribution in [2.45, 2.75) is 55.7 Å². The van der Waals surface area contributed by atoms with E-state index in [2.05, 4.69) is 5.32 Å². The number of alkyl halides is 3. The highest BCUT2D eigenvalue weighted by Gasteiger charge is 2.54. The van der Waals surface area contributed by atoms with Crippen molar-refractivity contribution in [1.82, 2.24) is 0 Å². The van der Waals surface area contributed by atoms with Crippen LogP contribution in [0.5, 0.6) is 0 Å². The molecule has 1 aliphatic carbocycles. The van der Waals surface area contributed by atoms with E-state index in [9.17, 15) is 31.5 Å². The monoisotopic (exact) mass is 469 g/mol. The predicted octanol–water partition coefficient (Wildman–Crippen LogP) is 4.60. The van der Waals surface area contributed by atoms with Gasteiger partial charge in [0.2, 0.25) is 5.91 Å². The first kappa shape index (κ1) is 24.3. The van der Waals surface area contributed by atoms with Gasteiger partial charge < -0.3 is 10.4 Å². The molecule has 32 heavy (non-hydrogen) atoms. The Morgan fingerprint density at radius 1 is 1.06 bits per heavy atom. The molecule has 5 nitrogen and oxygen atoms in total. The van der Waals surface area contributed by atoms with Crippen LogP contribution in [0.2, 0.25) is 0 Å². The number of hydrogen-bond donors (Lipinski definition) is 2. The smallest absolute Gasteiger partial charge is 0.376 e. The second-order valence-electron chi connectivity index (χ2n) is 8.28. The van der Waals surface area contributed by atoms with Crippen LogP contribution in [0.1, 0.15) is 43.7 Å². The quantitative estimate of drug-likeness (QED) is 0.562. The van der Waals surface area contributed by atoms with Gasteiger partial charge in [0.15, 0.2) is 15.4 Å². The number of halogens is 3. The van der Waals surface area contributed by atoms with Gasteiger partial charge in [-0.1, -0.05) is 37.6 Å². The molecule has 2 aromatic rings. The van der Waals surface area contributed by atoms with Crippen molar-refractivity contribution >= 4 is 21.4 Å². The molecule has 1 fully saturated rings. The van der Waals surface area contributed by atoms with Crippen molar-refractivity contribution < 1.29 is 31.5 Å². The molecule has 0 bridgehead atoms. The molecule has 2 aromatic carbocycles. The topological polar surface area (TPSA) is 83.5 Å². The largest absolute Gasteiger partial charge is 0.421 e. The molecular formula is C23H26F3NO4S. The van der Waals surface area contributed by atoms with Crippen molar-refractivity contribution in [3.8, 4) is 0 Å². The number of rotatable bonds is 9. The molecule has 0 saturated heterocycles. The molecule has 1 amide bonds. The Bertz CT molecular complexity index is 1050. The number of carbonyl (C=O) groups excluding carboxylic acids is 1. The van der Waals surface area contributed by atoms with Crippen molar-refractivity contribution in [2.75, 3.05) is 11.1 Å². The van der Waals surface area contributed by atoms with E-state index in [0.29, 0.717) is 11.3 Å². The first-order valence-electron chi connectivity index (χ1n) is 10.5. The Hall–Kier alpha value is -2.39. The van der Waals surface area contributed by atoms with Crippen molar-refractivity contribution in [3.63, 3.8) is 0 Å². The lowest BCUT2D eigenvalue weighted by molar-refractivity contribution is -0.269. The summed E-state index contributed by atoms with van der Waals surface area (Å²) in [6.07, 6.45) is -3.28. The number of sulfone groups is 1. The van der Waals surface area contributed by atoms with E-state index >= 15 is 0 Å². The zero-order chi connectivity index (χ0) is 23.6. The van der Waals surface area contributed by atoms with E-state index in [1.165, 1.54) is 24.3 Å². The zero-order valence-electron chi connectivity index (χ0n) is 17.7. The van der Waals surface area contributed by atoms with Gasteiger partial charge in [-0.15, -0.1) is 0 Å². The molecule has 1 unspecified atom stereocenters. The molecule has 0 aromatic heterocycles. The first-order valence-corrected chi connectivity index (χ1v) is 12.1. The van der Waals surface area contributed by atoms with Crippen LogP contribution in [0, 0.1) is 5.92 Å². The summed E-state index contributed by atoms with van der Waals surface area (Å²) in [5.74, 6) is -0.0122. The predicted molar refractivity (Wildman–Crippen MR) is 115 cm³/mol. The van der Waals surface area contributed by atoms with Crippen LogP contribution < -0.4 is 5.32 Å². The molecular weight excluding hydrogens is 443 g/mol. The average Bonchev–Trinajstić information content (AvgIpc) is 3.51. The van der Waals surface area contributed by atoms with E-state index < -0.39 is 33.9 Å². The van der Waals surface area contributed by atoms with Crippen molar-refractivity contribution in [1.29, 1.82) is 0 Å². The number of carbonyl (C=O) groups is 1. The number of amides is 1. The number of aliphatic hydroxyl groups is 1. The normalized spacial score (nSPS) is 16.4. The van der Waals surface area contributed by atoms with Crippen LogP contribution in [0.15, 0.2) is 53.4 Å². The summed E-state index contributed by atoms with van der Waals surface area (Å²) in [4.78, 5) is 12.5. The Kier molecular flexibility index (Phi) is 7.00. The maximum atomic E-state index is 13.3. The lowest BCUT2D eigenvalue weighted by Gasteiger charge is -2.30. The second kappa shape index (κ2) is 9.23. The molecule has 1 saturated carbocycles. The fourth-order valence-electron chi connectivity index (χ4n) is 3.54. The summed E-state index contributed by atoms with van der Waals surface area (Å²) in [6, 6.07) is 11.1. The van der Waals surface area contributed by atoms with Crippen LogP contribution >= 0.6 is 0 Å². The van der Waals surface area contributed by atoms with Crippen molar-refractivity contribution in [3.05, 3.63) is 59.7 Å². The molecule has 3 rings (SSSR count). The fraction of sp³-hybridized carbons (Fsp3) is 0.435. The highest BCUT2D eigenvalue weighted by atomic mass is 32.2. The minimum Gasteiger partial charge on any atom is -0.376 e. The maximum absolute atomic E-state index is 13.3. The molecule has 0 spiro atoms. The highest BCUT2D eigenvalue weighted by molar-refractivity contribution is 7.91. The van der Waals surface area contributed by atoms with Gasteiger partial charge in [0.1, 0.15) is 0 Å². The number of nitrogens with one attached hydrogen (secondary N) is 1. The lowest BCUT2D eigenvalue weighted by atomic mass is 9.88. The third kappa shape index (κ3) is 5.69. The molecule has 1 aliphatic rings. The van der Waals surface area contributed by atoms with E-state index in [1.54, 1.807) is 19.1 Å². The third-order valence-electron chi connectivity index (χ3n) is 5.53. The van der Waals surface area contributed by atoms with E-state index in [-0.39, 0.29) is 35.0 Å². The van der Waals surface area contributed by atoms with Crippen LogP contribution in [-0.2, 0) is 26.7 Å². The molecule has 174 valence electrons. The summed E-state index contributed by atoms with van der Waals surface area (Å²) in [5, 5.41) is 12.8. The summed E-state index contributed by atoms with van der Waals surface area (Å²) < 4.78 is 64.6. The molecule has 1 atom stereocenters. The lowest BCUT2D eigenvalue weighted by Crippen LogP contribution is -2.42. The third-order valence-corrected chi connectivity index (χ3v) is 7.43. The fourth-order valence-corrected chi connectivity index (χ4v) is 5.23. The number of anilines is 1. The van der Waals surface area contributed by atoms with Gasteiger partial charge in [-0.3, -0.25) is 4.79 Å². The maximum Gasteiger partial charge on any atom is 0.421 e.